The normalized spacial score (nSPS) is 11.0. The Kier molecular flexibility index (Phi) is 3.29. The summed E-state index contributed by atoms with van der Waals surface area (Å²) in [6.07, 6.45) is 1.94. The summed E-state index contributed by atoms with van der Waals surface area (Å²) in [7, 11) is 0. The maximum Gasteiger partial charge on any atom is 0.0637 e. The summed E-state index contributed by atoms with van der Waals surface area (Å²) in [5.74, 6) is 0.677. The first-order valence-corrected chi connectivity index (χ1v) is 4.45. The van der Waals surface area contributed by atoms with Crippen molar-refractivity contribution in [1.82, 2.24) is 10.2 Å². The summed E-state index contributed by atoms with van der Waals surface area (Å²) in [6, 6.07) is 2.10. The molecule has 0 aliphatic rings. The van der Waals surface area contributed by atoms with Crippen molar-refractivity contribution >= 4 is 0 Å². The van der Waals surface area contributed by atoms with E-state index >= 15 is 0 Å². The summed E-state index contributed by atoms with van der Waals surface area (Å²) in [6.45, 7) is 5.07. The van der Waals surface area contributed by atoms with Crippen LogP contribution in [0.4, 0.5) is 0 Å². The number of aromatic amines is 1. The number of nitrogens with two attached hydrogens (primary N) is 1. The zero-order chi connectivity index (χ0) is 8.97. The zero-order valence-corrected chi connectivity index (χ0v) is 7.80. The van der Waals surface area contributed by atoms with E-state index in [0.29, 0.717) is 12.5 Å². The molecule has 1 heterocycles. The topological polar surface area (TPSA) is 54.7 Å². The Balaban J connectivity index is 2.52. The van der Waals surface area contributed by atoms with Gasteiger partial charge < -0.3 is 5.73 Å². The average Bonchev–Trinajstić information content (AvgIpc) is 2.36. The number of nitrogens with one attached hydrogen (secondary N) is 1. The predicted molar refractivity (Wildman–Crippen MR) is 49.9 cm³/mol. The van der Waals surface area contributed by atoms with Crippen molar-refractivity contribution in [3.8, 4) is 0 Å². The molecule has 0 saturated carbocycles. The van der Waals surface area contributed by atoms with Crippen LogP contribution in [0.15, 0.2) is 6.07 Å². The second-order valence-corrected chi connectivity index (χ2v) is 3.52. The van der Waals surface area contributed by atoms with Gasteiger partial charge in [-0.3, -0.25) is 5.10 Å². The third-order valence-corrected chi connectivity index (χ3v) is 1.71. The SMILES string of the molecule is CC(C)Cc1cc(CCN)n[nH]1. The van der Waals surface area contributed by atoms with Crippen molar-refractivity contribution in [3.05, 3.63) is 17.5 Å². The quantitative estimate of drug-likeness (QED) is 0.705. The summed E-state index contributed by atoms with van der Waals surface area (Å²) in [5, 5.41) is 7.17. The second kappa shape index (κ2) is 4.26. The molecule has 0 bridgehead atoms. The molecule has 1 aromatic rings. The van der Waals surface area contributed by atoms with Crippen molar-refractivity contribution in [2.45, 2.75) is 26.7 Å². The fraction of sp³-hybridized carbons (Fsp3) is 0.667. The number of rotatable bonds is 4. The van der Waals surface area contributed by atoms with Crippen LogP contribution in [0.5, 0.6) is 0 Å². The molecular formula is C9H17N3. The van der Waals surface area contributed by atoms with Gasteiger partial charge in [-0.1, -0.05) is 13.8 Å². The molecule has 0 atom stereocenters. The van der Waals surface area contributed by atoms with Crippen LogP contribution < -0.4 is 5.73 Å². The van der Waals surface area contributed by atoms with Crippen LogP contribution in [0.2, 0.25) is 0 Å². The van der Waals surface area contributed by atoms with Crippen molar-refractivity contribution in [3.63, 3.8) is 0 Å². The number of hydrogen-bond acceptors (Lipinski definition) is 2. The molecule has 1 aromatic heterocycles. The fourth-order valence-corrected chi connectivity index (χ4v) is 1.23. The van der Waals surface area contributed by atoms with Crippen molar-refractivity contribution in [2.24, 2.45) is 11.7 Å². The highest BCUT2D eigenvalue weighted by Crippen LogP contribution is 2.06. The Morgan fingerprint density at radius 3 is 2.92 bits per heavy atom. The van der Waals surface area contributed by atoms with E-state index in [1.165, 1.54) is 5.69 Å². The van der Waals surface area contributed by atoms with Gasteiger partial charge in [-0.05, 0) is 24.9 Å². The molecule has 0 aromatic carbocycles. The number of hydrogen-bond donors (Lipinski definition) is 2. The van der Waals surface area contributed by atoms with E-state index < -0.39 is 0 Å². The van der Waals surface area contributed by atoms with Gasteiger partial charge in [-0.25, -0.2) is 0 Å². The highest BCUT2D eigenvalue weighted by molar-refractivity contribution is 5.09. The van der Waals surface area contributed by atoms with Gasteiger partial charge in [-0.15, -0.1) is 0 Å². The number of H-pyrrole nitrogens is 1. The van der Waals surface area contributed by atoms with Gasteiger partial charge in [0.25, 0.3) is 0 Å². The first-order chi connectivity index (χ1) is 5.72. The van der Waals surface area contributed by atoms with Gasteiger partial charge in [0, 0.05) is 12.1 Å². The van der Waals surface area contributed by atoms with E-state index in [0.717, 1.165) is 18.5 Å². The molecule has 0 unspecified atom stereocenters. The average molecular weight is 167 g/mol. The van der Waals surface area contributed by atoms with Crippen LogP contribution >= 0.6 is 0 Å². The lowest BCUT2D eigenvalue weighted by molar-refractivity contribution is 0.633. The third kappa shape index (κ3) is 2.66. The molecule has 0 spiro atoms. The summed E-state index contributed by atoms with van der Waals surface area (Å²) < 4.78 is 0. The van der Waals surface area contributed by atoms with Crippen LogP contribution in [-0.2, 0) is 12.8 Å². The zero-order valence-electron chi connectivity index (χ0n) is 7.80. The number of aromatic nitrogens is 2. The monoisotopic (exact) mass is 167 g/mol. The molecular weight excluding hydrogens is 150 g/mol. The van der Waals surface area contributed by atoms with E-state index in [2.05, 4.69) is 30.1 Å². The highest BCUT2D eigenvalue weighted by atomic mass is 15.1. The Morgan fingerprint density at radius 1 is 1.58 bits per heavy atom. The second-order valence-electron chi connectivity index (χ2n) is 3.52. The molecule has 12 heavy (non-hydrogen) atoms. The van der Waals surface area contributed by atoms with Crippen LogP contribution in [0.25, 0.3) is 0 Å². The van der Waals surface area contributed by atoms with Gasteiger partial charge >= 0.3 is 0 Å². The van der Waals surface area contributed by atoms with Gasteiger partial charge in [-0.2, -0.15) is 5.10 Å². The van der Waals surface area contributed by atoms with Gasteiger partial charge in [0.05, 0.1) is 5.69 Å². The van der Waals surface area contributed by atoms with Gasteiger partial charge in [0.1, 0.15) is 0 Å². The van der Waals surface area contributed by atoms with E-state index in [-0.39, 0.29) is 0 Å². The Hall–Kier alpha value is -0.830. The smallest absolute Gasteiger partial charge is 0.0637 e. The molecule has 3 N–H and O–H groups in total. The first kappa shape index (κ1) is 9.26. The molecule has 0 aliphatic carbocycles. The van der Waals surface area contributed by atoms with Crippen LogP contribution in [0, 0.1) is 5.92 Å². The molecule has 0 amide bonds. The Morgan fingerprint density at radius 2 is 2.33 bits per heavy atom. The minimum atomic E-state index is 0.673. The van der Waals surface area contributed by atoms with Gasteiger partial charge in [0.2, 0.25) is 0 Å². The van der Waals surface area contributed by atoms with Crippen molar-refractivity contribution in [1.29, 1.82) is 0 Å². The lowest BCUT2D eigenvalue weighted by atomic mass is 10.1. The summed E-state index contributed by atoms with van der Waals surface area (Å²) in [5.41, 5.74) is 7.71. The maximum atomic E-state index is 5.42. The van der Waals surface area contributed by atoms with Crippen molar-refractivity contribution in [2.75, 3.05) is 6.54 Å². The lowest BCUT2D eigenvalue weighted by Crippen LogP contribution is -2.02. The van der Waals surface area contributed by atoms with Crippen LogP contribution in [0.3, 0.4) is 0 Å². The first-order valence-electron chi connectivity index (χ1n) is 4.45. The highest BCUT2D eigenvalue weighted by Gasteiger charge is 2.01. The molecule has 1 rings (SSSR count). The summed E-state index contributed by atoms with van der Waals surface area (Å²) in [4.78, 5) is 0. The Bertz CT molecular complexity index is 227. The van der Waals surface area contributed by atoms with Crippen molar-refractivity contribution < 1.29 is 0 Å². The lowest BCUT2D eigenvalue weighted by Gasteiger charge is -1.98. The summed E-state index contributed by atoms with van der Waals surface area (Å²) >= 11 is 0. The minimum Gasteiger partial charge on any atom is -0.330 e. The molecule has 0 radical (unpaired) electrons. The van der Waals surface area contributed by atoms with Crippen LogP contribution in [-0.4, -0.2) is 16.7 Å². The van der Waals surface area contributed by atoms with Crippen LogP contribution in [0.1, 0.15) is 25.2 Å². The van der Waals surface area contributed by atoms with Gasteiger partial charge in [0.15, 0.2) is 0 Å². The fourth-order valence-electron chi connectivity index (χ4n) is 1.23. The molecule has 0 saturated heterocycles. The minimum absolute atomic E-state index is 0.673. The Labute approximate surface area is 73.4 Å². The van der Waals surface area contributed by atoms with E-state index in [4.69, 9.17) is 5.73 Å². The third-order valence-electron chi connectivity index (χ3n) is 1.71. The van der Waals surface area contributed by atoms with E-state index in [1.54, 1.807) is 0 Å². The molecule has 0 fully saturated rings. The predicted octanol–water partition coefficient (Wildman–Crippen LogP) is 1.11. The molecule has 3 nitrogen and oxygen atoms in total. The molecule has 68 valence electrons. The maximum absolute atomic E-state index is 5.42. The molecule has 3 heteroatoms. The largest absolute Gasteiger partial charge is 0.330 e. The molecule has 0 aliphatic heterocycles. The standard InChI is InChI=1S/C9H17N3/c1-7(2)5-9-6-8(3-4-10)11-12-9/h6-7H,3-5,10H2,1-2H3,(H,11,12). The van der Waals surface area contributed by atoms with E-state index in [1.807, 2.05) is 0 Å². The van der Waals surface area contributed by atoms with E-state index in [9.17, 15) is 0 Å². The number of nitrogens with zero attached hydrogens (tertiary/aromatic N) is 1.